The zero-order valence-corrected chi connectivity index (χ0v) is 13.9. The van der Waals surface area contributed by atoms with Crippen molar-refractivity contribution < 1.29 is 14.9 Å². The van der Waals surface area contributed by atoms with Gasteiger partial charge in [0.1, 0.15) is 12.2 Å². The maximum absolute atomic E-state index is 10.5. The first kappa shape index (κ1) is 13.4. The number of piperidine rings is 1. The molecule has 0 saturated carbocycles. The van der Waals surface area contributed by atoms with Crippen molar-refractivity contribution >= 4 is 15.9 Å². The molecule has 116 valence electrons. The number of aromatic hydroxyl groups is 1. The van der Waals surface area contributed by atoms with Gasteiger partial charge in [-0.05, 0) is 38.1 Å². The Labute approximate surface area is 137 Å². The van der Waals surface area contributed by atoms with Crippen LogP contribution in [0, 0.1) is 5.92 Å². The Kier molecular flexibility index (Phi) is 2.48. The molecule has 2 aliphatic heterocycles. The van der Waals surface area contributed by atoms with Crippen molar-refractivity contribution in [3.05, 3.63) is 33.8 Å². The SMILES string of the molecule is CN1CC[C@]23c4c5c(Br)cc(O)c4O[C@H]2[C@@H](O)C=C[C@H]3[C@H]1C5. The van der Waals surface area contributed by atoms with Gasteiger partial charge in [-0.1, -0.05) is 28.1 Å². The normalized spacial score (nSPS) is 41.2. The Hall–Kier alpha value is -1.04. The van der Waals surface area contributed by atoms with Gasteiger partial charge in [0.05, 0.1) is 0 Å². The number of benzene rings is 1. The van der Waals surface area contributed by atoms with Crippen molar-refractivity contribution in [2.75, 3.05) is 13.6 Å². The van der Waals surface area contributed by atoms with E-state index in [2.05, 4.69) is 34.0 Å². The van der Waals surface area contributed by atoms with Gasteiger partial charge in [0.15, 0.2) is 11.5 Å². The Morgan fingerprint density at radius 2 is 2.23 bits per heavy atom. The van der Waals surface area contributed by atoms with Crippen LogP contribution in [0.3, 0.4) is 0 Å². The molecule has 1 spiro atoms. The summed E-state index contributed by atoms with van der Waals surface area (Å²) < 4.78 is 7.08. The van der Waals surface area contributed by atoms with Crippen molar-refractivity contribution in [3.8, 4) is 11.5 Å². The molecule has 5 atom stereocenters. The van der Waals surface area contributed by atoms with Crippen LogP contribution >= 0.6 is 15.9 Å². The number of phenols is 1. The average molecular weight is 364 g/mol. The zero-order valence-electron chi connectivity index (χ0n) is 12.3. The molecule has 22 heavy (non-hydrogen) atoms. The summed E-state index contributed by atoms with van der Waals surface area (Å²) in [6.07, 6.45) is 5.06. The smallest absolute Gasteiger partial charge is 0.165 e. The summed E-state index contributed by atoms with van der Waals surface area (Å²) >= 11 is 3.63. The standard InChI is InChI=1S/C17H18BrNO3/c1-19-5-4-17-9-2-3-12(20)16(17)22-15-13(21)7-10(18)8(14(15)17)6-11(9)19/h2-3,7,9,11-12,16,20-21H,4-6H2,1H3/t9-,11+,12-,16-,17-/m0/s1. The summed E-state index contributed by atoms with van der Waals surface area (Å²) in [5.41, 5.74) is 2.18. The minimum absolute atomic E-state index is 0.178. The topological polar surface area (TPSA) is 52.9 Å². The van der Waals surface area contributed by atoms with E-state index < -0.39 is 6.10 Å². The van der Waals surface area contributed by atoms with E-state index in [-0.39, 0.29) is 17.3 Å². The molecular formula is C17H18BrNO3. The molecule has 2 aliphatic carbocycles. The summed E-state index contributed by atoms with van der Waals surface area (Å²) in [4.78, 5) is 2.43. The fourth-order valence-electron chi connectivity index (χ4n) is 5.28. The van der Waals surface area contributed by atoms with Gasteiger partial charge in [0.2, 0.25) is 0 Å². The number of halogens is 1. The number of aliphatic hydroxyl groups is 1. The zero-order chi connectivity index (χ0) is 15.2. The summed E-state index contributed by atoms with van der Waals surface area (Å²) in [5, 5.41) is 20.9. The van der Waals surface area contributed by atoms with Crippen LogP contribution in [0.1, 0.15) is 17.5 Å². The molecule has 5 heteroatoms. The minimum atomic E-state index is -0.614. The lowest BCUT2D eigenvalue weighted by Crippen LogP contribution is -2.64. The summed E-state index contributed by atoms with van der Waals surface area (Å²) in [5.74, 6) is 1.11. The van der Waals surface area contributed by atoms with Crippen LogP contribution in [0.5, 0.6) is 11.5 Å². The lowest BCUT2D eigenvalue weighted by molar-refractivity contribution is -0.0454. The third-order valence-electron chi connectivity index (χ3n) is 6.22. The summed E-state index contributed by atoms with van der Waals surface area (Å²) in [7, 11) is 2.18. The van der Waals surface area contributed by atoms with E-state index in [1.54, 1.807) is 6.07 Å². The van der Waals surface area contributed by atoms with Gasteiger partial charge in [0, 0.05) is 27.4 Å². The third-order valence-corrected chi connectivity index (χ3v) is 6.93. The highest BCUT2D eigenvalue weighted by molar-refractivity contribution is 9.10. The number of aliphatic hydroxyl groups excluding tert-OH is 1. The number of hydrogen-bond donors (Lipinski definition) is 2. The van der Waals surface area contributed by atoms with Crippen LogP contribution in [0.4, 0.5) is 0 Å². The average Bonchev–Trinajstić information content (AvgIpc) is 2.83. The number of hydrogen-bond acceptors (Lipinski definition) is 4. The lowest BCUT2D eigenvalue weighted by Gasteiger charge is -2.56. The second-order valence-electron chi connectivity index (χ2n) is 7.04. The fraction of sp³-hybridized carbons (Fsp3) is 0.529. The first-order valence-corrected chi connectivity index (χ1v) is 8.61. The van der Waals surface area contributed by atoms with Crippen molar-refractivity contribution in [2.24, 2.45) is 5.92 Å². The van der Waals surface area contributed by atoms with Crippen LogP contribution in [-0.4, -0.2) is 47.0 Å². The first-order chi connectivity index (χ1) is 10.5. The molecule has 1 aromatic carbocycles. The Bertz CT molecular complexity index is 718. The maximum Gasteiger partial charge on any atom is 0.165 e. The summed E-state index contributed by atoms with van der Waals surface area (Å²) in [6, 6.07) is 2.15. The van der Waals surface area contributed by atoms with Gasteiger partial charge >= 0.3 is 0 Å². The molecule has 4 aliphatic rings. The first-order valence-electron chi connectivity index (χ1n) is 7.82. The maximum atomic E-state index is 10.5. The van der Waals surface area contributed by atoms with Crippen LogP contribution in [-0.2, 0) is 11.8 Å². The number of likely N-dealkylation sites (N-methyl/N-ethyl adjacent to an activating group) is 1. The molecule has 1 aromatic rings. The molecule has 2 heterocycles. The molecule has 0 unspecified atom stereocenters. The van der Waals surface area contributed by atoms with Gasteiger partial charge in [-0.2, -0.15) is 0 Å². The monoisotopic (exact) mass is 363 g/mol. The number of phenolic OH excluding ortho intramolecular Hbond substituents is 1. The van der Waals surface area contributed by atoms with E-state index in [0.29, 0.717) is 17.7 Å². The molecule has 0 aromatic heterocycles. The summed E-state index contributed by atoms with van der Waals surface area (Å²) in [6.45, 7) is 0.994. The lowest BCUT2D eigenvalue weighted by atomic mass is 9.53. The van der Waals surface area contributed by atoms with Crippen LogP contribution in [0.2, 0.25) is 0 Å². The Morgan fingerprint density at radius 1 is 1.41 bits per heavy atom. The molecule has 2 bridgehead atoms. The Morgan fingerprint density at radius 3 is 3.05 bits per heavy atom. The molecule has 1 saturated heterocycles. The highest BCUT2D eigenvalue weighted by Gasteiger charge is 2.64. The second-order valence-corrected chi connectivity index (χ2v) is 7.90. The largest absolute Gasteiger partial charge is 0.504 e. The Balaban J connectivity index is 1.87. The van der Waals surface area contributed by atoms with Gasteiger partial charge < -0.3 is 19.8 Å². The highest BCUT2D eigenvalue weighted by atomic mass is 79.9. The molecule has 2 N–H and O–H groups in total. The molecule has 1 fully saturated rings. The third kappa shape index (κ3) is 1.32. The van der Waals surface area contributed by atoms with Gasteiger partial charge in [-0.15, -0.1) is 0 Å². The van der Waals surface area contributed by atoms with Crippen LogP contribution in [0.25, 0.3) is 0 Å². The van der Waals surface area contributed by atoms with Gasteiger partial charge in [-0.3, -0.25) is 0 Å². The van der Waals surface area contributed by atoms with E-state index >= 15 is 0 Å². The van der Waals surface area contributed by atoms with Crippen LogP contribution < -0.4 is 4.74 Å². The molecule has 4 nitrogen and oxygen atoms in total. The van der Waals surface area contributed by atoms with Crippen LogP contribution in [0.15, 0.2) is 22.7 Å². The fourth-order valence-corrected chi connectivity index (χ4v) is 5.86. The molecule has 0 amide bonds. The number of ether oxygens (including phenoxy) is 1. The van der Waals surface area contributed by atoms with Crippen molar-refractivity contribution in [2.45, 2.75) is 36.5 Å². The van der Waals surface area contributed by atoms with Crippen molar-refractivity contribution in [1.29, 1.82) is 0 Å². The molecular weight excluding hydrogens is 346 g/mol. The van der Waals surface area contributed by atoms with Gasteiger partial charge in [0.25, 0.3) is 0 Å². The van der Waals surface area contributed by atoms with Crippen molar-refractivity contribution in [3.63, 3.8) is 0 Å². The van der Waals surface area contributed by atoms with E-state index in [1.807, 2.05) is 6.08 Å². The number of likely N-dealkylation sites (tertiary alicyclic amines) is 1. The van der Waals surface area contributed by atoms with Crippen molar-refractivity contribution in [1.82, 2.24) is 4.90 Å². The predicted molar refractivity (Wildman–Crippen MR) is 85.3 cm³/mol. The number of rotatable bonds is 0. The molecule has 0 radical (unpaired) electrons. The van der Waals surface area contributed by atoms with Gasteiger partial charge in [-0.25, -0.2) is 0 Å². The highest BCUT2D eigenvalue weighted by Crippen LogP contribution is 2.63. The predicted octanol–water partition coefficient (Wildman–Crippen LogP) is 1.96. The minimum Gasteiger partial charge on any atom is -0.504 e. The quantitative estimate of drug-likeness (QED) is 0.692. The van der Waals surface area contributed by atoms with E-state index in [1.165, 1.54) is 5.56 Å². The second kappa shape index (κ2) is 4.08. The van der Waals surface area contributed by atoms with E-state index in [9.17, 15) is 10.2 Å². The molecule has 5 rings (SSSR count). The van der Waals surface area contributed by atoms with E-state index in [4.69, 9.17) is 4.74 Å². The van der Waals surface area contributed by atoms with E-state index in [0.717, 1.165) is 29.4 Å². The number of nitrogens with zero attached hydrogens (tertiary/aromatic N) is 1.